The minimum absolute atomic E-state index is 0.215. The Hall–Kier alpha value is -0.650. The molecule has 20 heavy (non-hydrogen) atoms. The quantitative estimate of drug-likeness (QED) is 0.403. The van der Waals surface area contributed by atoms with Crippen molar-refractivity contribution in [2.24, 2.45) is 0 Å². The zero-order valence-corrected chi connectivity index (χ0v) is 12.4. The summed E-state index contributed by atoms with van der Waals surface area (Å²) >= 11 is 0. The lowest BCUT2D eigenvalue weighted by atomic mass is 10.1. The summed E-state index contributed by atoms with van der Waals surface area (Å²) in [5.74, 6) is -0.696. The standard InChI is InChI=1S/C15H30O5/c16-12-14(17)13-20-11-9-7-5-3-1-2-4-6-8-10-15(18)19/h14,16-17H,1-13H2,(H,18,19). The highest BCUT2D eigenvalue weighted by Gasteiger charge is 2.00. The smallest absolute Gasteiger partial charge is 0.303 e. The number of hydrogen-bond donors (Lipinski definition) is 3. The molecular weight excluding hydrogens is 260 g/mol. The first-order valence-electron chi connectivity index (χ1n) is 7.75. The number of aliphatic carboxylic acids is 1. The molecule has 0 saturated carbocycles. The number of carbonyl (C=O) groups is 1. The maximum absolute atomic E-state index is 10.3. The third kappa shape index (κ3) is 15.4. The summed E-state index contributed by atoms with van der Waals surface area (Å²) in [7, 11) is 0. The molecule has 0 amide bonds. The Morgan fingerprint density at radius 3 is 1.90 bits per heavy atom. The van der Waals surface area contributed by atoms with E-state index in [2.05, 4.69) is 0 Å². The van der Waals surface area contributed by atoms with Gasteiger partial charge in [0.1, 0.15) is 6.10 Å². The van der Waals surface area contributed by atoms with Crippen molar-refractivity contribution in [3.05, 3.63) is 0 Å². The van der Waals surface area contributed by atoms with Gasteiger partial charge in [-0.15, -0.1) is 0 Å². The number of carboxylic acids is 1. The Labute approximate surface area is 122 Å². The molecule has 0 spiro atoms. The number of rotatable bonds is 15. The van der Waals surface area contributed by atoms with Gasteiger partial charge >= 0.3 is 5.97 Å². The van der Waals surface area contributed by atoms with Gasteiger partial charge in [0.25, 0.3) is 0 Å². The summed E-state index contributed by atoms with van der Waals surface area (Å²) in [6, 6.07) is 0. The van der Waals surface area contributed by atoms with E-state index < -0.39 is 12.1 Å². The lowest BCUT2D eigenvalue weighted by Crippen LogP contribution is -2.19. The van der Waals surface area contributed by atoms with Crippen molar-refractivity contribution in [3.8, 4) is 0 Å². The second-order valence-electron chi connectivity index (χ2n) is 5.24. The van der Waals surface area contributed by atoms with Gasteiger partial charge in [-0.2, -0.15) is 0 Å². The molecule has 0 aliphatic rings. The molecule has 1 atom stereocenters. The summed E-state index contributed by atoms with van der Waals surface area (Å²) < 4.78 is 5.22. The number of aliphatic hydroxyl groups is 2. The van der Waals surface area contributed by atoms with E-state index in [0.717, 1.165) is 32.1 Å². The summed E-state index contributed by atoms with van der Waals surface area (Å²) in [5, 5.41) is 26.1. The van der Waals surface area contributed by atoms with Crippen LogP contribution >= 0.6 is 0 Å². The van der Waals surface area contributed by atoms with Crippen molar-refractivity contribution in [3.63, 3.8) is 0 Å². The van der Waals surface area contributed by atoms with Crippen molar-refractivity contribution in [2.45, 2.75) is 70.3 Å². The maximum Gasteiger partial charge on any atom is 0.303 e. The normalized spacial score (nSPS) is 12.5. The minimum Gasteiger partial charge on any atom is -0.481 e. The molecule has 0 fully saturated rings. The fraction of sp³-hybridized carbons (Fsp3) is 0.933. The van der Waals surface area contributed by atoms with Gasteiger partial charge in [-0.1, -0.05) is 44.9 Å². The van der Waals surface area contributed by atoms with Crippen LogP contribution in [0.25, 0.3) is 0 Å². The van der Waals surface area contributed by atoms with Crippen molar-refractivity contribution in [1.82, 2.24) is 0 Å². The number of ether oxygens (including phenoxy) is 1. The monoisotopic (exact) mass is 290 g/mol. The van der Waals surface area contributed by atoms with Gasteiger partial charge < -0.3 is 20.1 Å². The Balaban J connectivity index is 3.01. The highest BCUT2D eigenvalue weighted by molar-refractivity contribution is 5.66. The molecule has 0 aromatic rings. The molecular formula is C15H30O5. The van der Waals surface area contributed by atoms with Gasteiger partial charge in [-0.25, -0.2) is 0 Å². The van der Waals surface area contributed by atoms with E-state index in [1.807, 2.05) is 0 Å². The maximum atomic E-state index is 10.3. The van der Waals surface area contributed by atoms with Crippen molar-refractivity contribution in [1.29, 1.82) is 0 Å². The van der Waals surface area contributed by atoms with Crippen LogP contribution in [-0.2, 0) is 9.53 Å². The van der Waals surface area contributed by atoms with Gasteiger partial charge in [0.15, 0.2) is 0 Å². The molecule has 0 saturated heterocycles. The highest BCUT2D eigenvalue weighted by atomic mass is 16.5. The highest BCUT2D eigenvalue weighted by Crippen LogP contribution is 2.10. The first-order chi connectivity index (χ1) is 9.66. The molecule has 5 heteroatoms. The number of hydrogen-bond acceptors (Lipinski definition) is 4. The topological polar surface area (TPSA) is 87.0 Å². The molecule has 120 valence electrons. The molecule has 0 radical (unpaired) electrons. The van der Waals surface area contributed by atoms with E-state index in [1.165, 1.54) is 25.7 Å². The zero-order chi connectivity index (χ0) is 15.1. The number of aliphatic hydroxyl groups excluding tert-OH is 2. The first-order valence-corrected chi connectivity index (χ1v) is 7.75. The number of unbranched alkanes of at least 4 members (excludes halogenated alkanes) is 8. The predicted molar refractivity (Wildman–Crippen MR) is 77.7 cm³/mol. The lowest BCUT2D eigenvalue weighted by Gasteiger charge is -2.07. The first kappa shape index (κ1) is 19.4. The van der Waals surface area contributed by atoms with E-state index >= 15 is 0 Å². The average molecular weight is 290 g/mol. The fourth-order valence-corrected chi connectivity index (χ4v) is 1.99. The van der Waals surface area contributed by atoms with E-state index in [-0.39, 0.29) is 13.2 Å². The van der Waals surface area contributed by atoms with Crippen LogP contribution in [0.15, 0.2) is 0 Å². The molecule has 0 rings (SSSR count). The van der Waals surface area contributed by atoms with Crippen molar-refractivity contribution >= 4 is 5.97 Å². The number of carboxylic acid groups (broad SMARTS) is 1. The van der Waals surface area contributed by atoms with Crippen LogP contribution in [-0.4, -0.2) is 47.2 Å². The van der Waals surface area contributed by atoms with Crippen molar-refractivity contribution in [2.75, 3.05) is 19.8 Å². The predicted octanol–water partition coefficient (Wildman–Crippen LogP) is 2.34. The van der Waals surface area contributed by atoms with E-state index in [9.17, 15) is 4.79 Å². The molecule has 3 N–H and O–H groups in total. The molecule has 0 aromatic heterocycles. The van der Waals surface area contributed by atoms with Crippen LogP contribution in [0.2, 0.25) is 0 Å². The van der Waals surface area contributed by atoms with Crippen LogP contribution < -0.4 is 0 Å². The fourth-order valence-electron chi connectivity index (χ4n) is 1.99. The Morgan fingerprint density at radius 2 is 1.40 bits per heavy atom. The van der Waals surface area contributed by atoms with Gasteiger partial charge in [-0.05, 0) is 12.8 Å². The Morgan fingerprint density at radius 1 is 0.900 bits per heavy atom. The summed E-state index contributed by atoms with van der Waals surface area (Å²) in [4.78, 5) is 10.3. The van der Waals surface area contributed by atoms with Gasteiger partial charge in [-0.3, -0.25) is 4.79 Å². The van der Waals surface area contributed by atoms with Crippen LogP contribution in [0, 0.1) is 0 Å². The van der Waals surface area contributed by atoms with Crippen LogP contribution in [0.1, 0.15) is 64.2 Å². The summed E-state index contributed by atoms with van der Waals surface area (Å²) in [6.45, 7) is 0.617. The molecule has 0 heterocycles. The second kappa shape index (κ2) is 14.8. The van der Waals surface area contributed by atoms with E-state index in [1.54, 1.807) is 0 Å². The third-order valence-electron chi connectivity index (χ3n) is 3.20. The van der Waals surface area contributed by atoms with Crippen LogP contribution in [0.4, 0.5) is 0 Å². The largest absolute Gasteiger partial charge is 0.481 e. The molecule has 0 bridgehead atoms. The molecule has 1 unspecified atom stereocenters. The lowest BCUT2D eigenvalue weighted by molar-refractivity contribution is -0.137. The van der Waals surface area contributed by atoms with Crippen LogP contribution in [0.5, 0.6) is 0 Å². The van der Waals surface area contributed by atoms with Gasteiger partial charge in [0.05, 0.1) is 13.2 Å². The molecule has 0 aliphatic heterocycles. The third-order valence-corrected chi connectivity index (χ3v) is 3.20. The van der Waals surface area contributed by atoms with E-state index in [4.69, 9.17) is 20.1 Å². The van der Waals surface area contributed by atoms with Crippen molar-refractivity contribution < 1.29 is 24.9 Å². The zero-order valence-electron chi connectivity index (χ0n) is 12.4. The van der Waals surface area contributed by atoms with Gasteiger partial charge in [0.2, 0.25) is 0 Å². The second-order valence-corrected chi connectivity index (χ2v) is 5.24. The molecule has 5 nitrogen and oxygen atoms in total. The average Bonchev–Trinajstić information content (AvgIpc) is 2.43. The Bertz CT molecular complexity index is 220. The molecule has 0 aliphatic carbocycles. The van der Waals surface area contributed by atoms with Gasteiger partial charge in [0, 0.05) is 13.0 Å². The minimum atomic E-state index is -0.754. The Kier molecular flexibility index (Phi) is 14.3. The SMILES string of the molecule is O=C(O)CCCCCCCCCCCOCC(O)CO. The van der Waals surface area contributed by atoms with E-state index in [0.29, 0.717) is 13.0 Å². The summed E-state index contributed by atoms with van der Waals surface area (Å²) in [5.41, 5.74) is 0. The molecule has 0 aromatic carbocycles. The van der Waals surface area contributed by atoms with Crippen LogP contribution in [0.3, 0.4) is 0 Å². The summed E-state index contributed by atoms with van der Waals surface area (Å²) in [6.07, 6.45) is 9.46.